The fourth-order valence-corrected chi connectivity index (χ4v) is 2.27. The highest BCUT2D eigenvalue weighted by atomic mass is 19.4. The molecule has 0 saturated heterocycles. The van der Waals surface area contributed by atoms with Gasteiger partial charge >= 0.3 is 18.0 Å². The third kappa shape index (κ3) is 4.84. The van der Waals surface area contributed by atoms with Crippen LogP contribution in [0.25, 0.3) is 0 Å². The second-order valence-electron chi connectivity index (χ2n) is 5.40. The van der Waals surface area contributed by atoms with Gasteiger partial charge in [-0.1, -0.05) is 0 Å². The number of anilines is 2. The lowest BCUT2D eigenvalue weighted by molar-refractivity contribution is -0.137. The van der Waals surface area contributed by atoms with Crippen LogP contribution in [0, 0.1) is 0 Å². The van der Waals surface area contributed by atoms with Gasteiger partial charge in [-0.25, -0.2) is 0 Å². The molecule has 2 amide bonds. The summed E-state index contributed by atoms with van der Waals surface area (Å²) in [5.74, 6) is -1.26. The molecule has 0 bridgehead atoms. The summed E-state index contributed by atoms with van der Waals surface area (Å²) in [6.45, 7) is 0. The Kier molecular flexibility index (Phi) is 6.34. The predicted octanol–water partition coefficient (Wildman–Crippen LogP) is 3.31. The minimum atomic E-state index is -4.49. The van der Waals surface area contributed by atoms with E-state index in [9.17, 15) is 22.8 Å². The first kappa shape index (κ1) is 20.9. The Morgan fingerprint density at radius 3 is 1.64 bits per heavy atom. The normalized spacial score (nSPS) is 10.8. The Balaban J connectivity index is 2.11. The van der Waals surface area contributed by atoms with Crippen molar-refractivity contribution in [3.8, 4) is 17.2 Å². The van der Waals surface area contributed by atoms with Gasteiger partial charge in [0.1, 0.15) is 0 Å². The Bertz CT molecular complexity index is 842. The van der Waals surface area contributed by atoms with E-state index in [1.165, 1.54) is 33.5 Å². The minimum absolute atomic E-state index is 0.0399. The zero-order chi connectivity index (χ0) is 20.9. The lowest BCUT2D eigenvalue weighted by Gasteiger charge is -2.14. The fraction of sp³-hybridized carbons (Fsp3) is 0.222. The van der Waals surface area contributed by atoms with Crippen LogP contribution in [0.5, 0.6) is 17.2 Å². The highest BCUT2D eigenvalue weighted by Gasteiger charge is 2.30. The molecule has 0 fully saturated rings. The zero-order valence-corrected chi connectivity index (χ0v) is 15.1. The molecule has 7 nitrogen and oxygen atoms in total. The fourth-order valence-electron chi connectivity index (χ4n) is 2.27. The van der Waals surface area contributed by atoms with E-state index in [0.717, 1.165) is 24.3 Å². The number of amides is 2. The molecule has 0 aliphatic carbocycles. The molecule has 0 unspecified atom stereocenters. The monoisotopic (exact) mass is 398 g/mol. The Hall–Kier alpha value is -3.43. The molecular weight excluding hydrogens is 381 g/mol. The number of carbonyl (C=O) groups excluding carboxylic acids is 2. The lowest BCUT2D eigenvalue weighted by atomic mass is 10.2. The molecule has 28 heavy (non-hydrogen) atoms. The van der Waals surface area contributed by atoms with Crippen LogP contribution in [0.2, 0.25) is 0 Å². The minimum Gasteiger partial charge on any atom is -0.493 e. The predicted molar refractivity (Wildman–Crippen MR) is 94.8 cm³/mol. The van der Waals surface area contributed by atoms with Crippen molar-refractivity contribution in [2.45, 2.75) is 6.18 Å². The van der Waals surface area contributed by atoms with Gasteiger partial charge in [-0.3, -0.25) is 9.59 Å². The SMILES string of the molecule is COc1cc(NC(=O)C(=O)Nc2ccc(C(F)(F)F)cc2)cc(OC)c1OC. The van der Waals surface area contributed by atoms with Gasteiger partial charge in [-0.2, -0.15) is 13.2 Å². The average Bonchev–Trinajstić information content (AvgIpc) is 2.66. The number of rotatable bonds is 5. The van der Waals surface area contributed by atoms with Gasteiger partial charge in [0.25, 0.3) is 0 Å². The van der Waals surface area contributed by atoms with Gasteiger partial charge in [0.15, 0.2) is 11.5 Å². The summed E-state index contributed by atoms with van der Waals surface area (Å²) in [6.07, 6.45) is -4.49. The maximum absolute atomic E-state index is 12.5. The molecule has 150 valence electrons. The number of hydrogen-bond acceptors (Lipinski definition) is 5. The standard InChI is InChI=1S/C18H17F3N2O5/c1-26-13-8-12(9-14(27-2)15(13)28-3)23-17(25)16(24)22-11-6-4-10(5-7-11)18(19,20)21/h4-9H,1-3H3,(H,22,24)(H,23,25). The van der Waals surface area contributed by atoms with Crippen molar-refractivity contribution in [3.05, 3.63) is 42.0 Å². The van der Waals surface area contributed by atoms with Gasteiger partial charge in [0, 0.05) is 23.5 Å². The van der Waals surface area contributed by atoms with Crippen molar-refractivity contribution in [2.75, 3.05) is 32.0 Å². The summed E-state index contributed by atoms with van der Waals surface area (Å²) in [5, 5.41) is 4.57. The van der Waals surface area contributed by atoms with Gasteiger partial charge in [0.2, 0.25) is 5.75 Å². The molecule has 0 radical (unpaired) electrons. The summed E-state index contributed by atoms with van der Waals surface area (Å²) >= 11 is 0. The third-order valence-electron chi connectivity index (χ3n) is 3.60. The van der Waals surface area contributed by atoms with E-state index in [-0.39, 0.29) is 22.9 Å². The van der Waals surface area contributed by atoms with E-state index in [0.29, 0.717) is 5.75 Å². The first-order chi connectivity index (χ1) is 13.2. The summed E-state index contributed by atoms with van der Waals surface area (Å²) in [5.41, 5.74) is -0.632. The Morgan fingerprint density at radius 1 is 0.786 bits per heavy atom. The molecule has 0 heterocycles. The summed E-state index contributed by atoms with van der Waals surface area (Å²) in [4.78, 5) is 24.1. The van der Waals surface area contributed by atoms with Crippen molar-refractivity contribution >= 4 is 23.2 Å². The van der Waals surface area contributed by atoms with E-state index in [4.69, 9.17) is 14.2 Å². The highest BCUT2D eigenvalue weighted by Crippen LogP contribution is 2.39. The number of hydrogen-bond donors (Lipinski definition) is 2. The Labute approximate surface area is 158 Å². The second-order valence-corrected chi connectivity index (χ2v) is 5.40. The number of halogens is 3. The summed E-state index contributed by atoms with van der Waals surface area (Å²) < 4.78 is 53.1. The number of alkyl halides is 3. The highest BCUT2D eigenvalue weighted by molar-refractivity contribution is 6.43. The van der Waals surface area contributed by atoms with Crippen molar-refractivity contribution in [3.63, 3.8) is 0 Å². The first-order valence-corrected chi connectivity index (χ1v) is 7.79. The summed E-state index contributed by atoms with van der Waals surface area (Å²) in [7, 11) is 4.19. The molecule has 2 N–H and O–H groups in total. The number of methoxy groups -OCH3 is 3. The van der Waals surface area contributed by atoms with Crippen molar-refractivity contribution < 1.29 is 37.0 Å². The van der Waals surface area contributed by atoms with Crippen LogP contribution in [0.1, 0.15) is 5.56 Å². The van der Waals surface area contributed by atoms with Gasteiger partial charge in [-0.05, 0) is 24.3 Å². The molecule has 0 aliphatic heterocycles. The number of carbonyl (C=O) groups is 2. The van der Waals surface area contributed by atoms with E-state index in [1.54, 1.807) is 0 Å². The Morgan fingerprint density at radius 2 is 1.25 bits per heavy atom. The van der Waals surface area contributed by atoms with Crippen LogP contribution in [-0.2, 0) is 15.8 Å². The van der Waals surface area contributed by atoms with E-state index in [2.05, 4.69) is 10.6 Å². The molecule has 10 heteroatoms. The zero-order valence-electron chi connectivity index (χ0n) is 15.1. The van der Waals surface area contributed by atoms with Gasteiger partial charge in [0.05, 0.1) is 26.9 Å². The molecule has 0 spiro atoms. The quantitative estimate of drug-likeness (QED) is 0.755. The van der Waals surface area contributed by atoms with Crippen LogP contribution in [0.15, 0.2) is 36.4 Å². The van der Waals surface area contributed by atoms with Crippen LogP contribution >= 0.6 is 0 Å². The van der Waals surface area contributed by atoms with Crippen LogP contribution < -0.4 is 24.8 Å². The molecule has 2 aromatic rings. The van der Waals surface area contributed by atoms with E-state index < -0.39 is 23.6 Å². The molecule has 0 aliphatic rings. The van der Waals surface area contributed by atoms with Crippen LogP contribution in [0.4, 0.5) is 24.5 Å². The van der Waals surface area contributed by atoms with E-state index >= 15 is 0 Å². The maximum atomic E-state index is 12.5. The largest absolute Gasteiger partial charge is 0.493 e. The smallest absolute Gasteiger partial charge is 0.416 e. The van der Waals surface area contributed by atoms with E-state index in [1.807, 2.05) is 0 Å². The molecule has 2 aromatic carbocycles. The molecule has 0 aromatic heterocycles. The van der Waals surface area contributed by atoms with Crippen molar-refractivity contribution in [1.82, 2.24) is 0 Å². The van der Waals surface area contributed by atoms with Crippen LogP contribution in [-0.4, -0.2) is 33.1 Å². The topological polar surface area (TPSA) is 85.9 Å². The number of benzene rings is 2. The second kappa shape index (κ2) is 8.51. The average molecular weight is 398 g/mol. The number of ether oxygens (including phenoxy) is 3. The van der Waals surface area contributed by atoms with Crippen LogP contribution in [0.3, 0.4) is 0 Å². The van der Waals surface area contributed by atoms with Gasteiger partial charge < -0.3 is 24.8 Å². The van der Waals surface area contributed by atoms with Gasteiger partial charge in [-0.15, -0.1) is 0 Å². The third-order valence-corrected chi connectivity index (χ3v) is 3.60. The molecular formula is C18H17F3N2O5. The van der Waals surface area contributed by atoms with Crippen molar-refractivity contribution in [2.24, 2.45) is 0 Å². The lowest BCUT2D eigenvalue weighted by Crippen LogP contribution is -2.29. The first-order valence-electron chi connectivity index (χ1n) is 7.79. The summed E-state index contributed by atoms with van der Waals surface area (Å²) in [6, 6.07) is 6.54. The number of nitrogens with one attached hydrogen (secondary N) is 2. The van der Waals surface area contributed by atoms with Crippen molar-refractivity contribution in [1.29, 1.82) is 0 Å². The molecule has 0 atom stereocenters. The molecule has 0 saturated carbocycles. The maximum Gasteiger partial charge on any atom is 0.416 e. The molecule has 2 rings (SSSR count).